The van der Waals surface area contributed by atoms with Crippen LogP contribution in [-0.4, -0.2) is 33.1 Å². The van der Waals surface area contributed by atoms with Crippen LogP contribution in [0.5, 0.6) is 0 Å². The number of rotatable bonds is 5. The summed E-state index contributed by atoms with van der Waals surface area (Å²) in [5, 5.41) is 0.643. The van der Waals surface area contributed by atoms with Gasteiger partial charge in [0.15, 0.2) is 0 Å². The first-order valence-corrected chi connectivity index (χ1v) is 9.29. The van der Waals surface area contributed by atoms with E-state index in [-0.39, 0.29) is 5.91 Å². The molecule has 0 unspecified atom stereocenters. The minimum Gasteiger partial charge on any atom is -0.336 e. The van der Waals surface area contributed by atoms with Gasteiger partial charge in [0.2, 0.25) is 0 Å². The van der Waals surface area contributed by atoms with Crippen molar-refractivity contribution in [3.63, 3.8) is 0 Å². The summed E-state index contributed by atoms with van der Waals surface area (Å²) < 4.78 is 0. The zero-order valence-electron chi connectivity index (χ0n) is 14.2. The Kier molecular flexibility index (Phi) is 5.51. The van der Waals surface area contributed by atoms with Crippen LogP contribution in [0.4, 0.5) is 0 Å². The third-order valence-corrected chi connectivity index (χ3v) is 5.74. The first-order valence-electron chi connectivity index (χ1n) is 8.41. The van der Waals surface area contributed by atoms with Crippen LogP contribution >= 0.6 is 11.8 Å². The molecule has 1 aliphatic carbocycles. The fourth-order valence-electron chi connectivity index (χ4n) is 3.03. The van der Waals surface area contributed by atoms with E-state index < -0.39 is 0 Å². The first-order chi connectivity index (χ1) is 11.6. The Labute approximate surface area is 147 Å². The monoisotopic (exact) mass is 341 g/mol. The molecule has 0 atom stereocenters. The number of aromatic nitrogens is 2. The quantitative estimate of drug-likeness (QED) is 0.822. The molecule has 1 heterocycles. The van der Waals surface area contributed by atoms with E-state index in [1.54, 1.807) is 23.5 Å². The number of carbonyl (C=O) groups is 1. The summed E-state index contributed by atoms with van der Waals surface area (Å²) in [6, 6.07) is 6.20. The van der Waals surface area contributed by atoms with E-state index in [1.807, 2.05) is 31.8 Å². The van der Waals surface area contributed by atoms with E-state index in [9.17, 15) is 4.79 Å². The van der Waals surface area contributed by atoms with Crippen molar-refractivity contribution < 1.29 is 4.79 Å². The molecule has 24 heavy (non-hydrogen) atoms. The van der Waals surface area contributed by atoms with E-state index in [0.717, 1.165) is 21.7 Å². The number of hydrogen-bond donors (Lipinski definition) is 0. The van der Waals surface area contributed by atoms with Gasteiger partial charge in [0, 0.05) is 29.6 Å². The first kappa shape index (κ1) is 17.0. The highest BCUT2D eigenvalue weighted by Gasteiger charge is 2.21. The highest BCUT2D eigenvalue weighted by molar-refractivity contribution is 8.00. The smallest absolute Gasteiger partial charge is 0.255 e. The molecule has 0 N–H and O–H groups in total. The Balaban J connectivity index is 1.78. The second-order valence-electron chi connectivity index (χ2n) is 6.38. The van der Waals surface area contributed by atoms with Crippen molar-refractivity contribution in [2.75, 3.05) is 7.05 Å². The number of thioether (sulfide) groups is 1. The Bertz CT molecular complexity index is 699. The number of nitrogens with zero attached hydrogens (tertiary/aromatic N) is 3. The van der Waals surface area contributed by atoms with Crippen LogP contribution in [0, 0.1) is 6.92 Å². The van der Waals surface area contributed by atoms with Gasteiger partial charge in [-0.15, -0.1) is 11.8 Å². The largest absolute Gasteiger partial charge is 0.336 e. The lowest BCUT2D eigenvalue weighted by Crippen LogP contribution is -2.27. The molecule has 1 fully saturated rings. The zero-order chi connectivity index (χ0) is 16.9. The predicted molar refractivity (Wildman–Crippen MR) is 97.1 cm³/mol. The van der Waals surface area contributed by atoms with Gasteiger partial charge in [0.25, 0.3) is 5.91 Å². The van der Waals surface area contributed by atoms with Gasteiger partial charge in [-0.25, -0.2) is 0 Å². The van der Waals surface area contributed by atoms with Crippen LogP contribution in [0.3, 0.4) is 0 Å². The summed E-state index contributed by atoms with van der Waals surface area (Å²) in [5.41, 5.74) is 2.71. The van der Waals surface area contributed by atoms with Crippen molar-refractivity contribution in [1.82, 2.24) is 14.9 Å². The van der Waals surface area contributed by atoms with Gasteiger partial charge < -0.3 is 4.90 Å². The van der Waals surface area contributed by atoms with Crippen LogP contribution in [0.25, 0.3) is 0 Å². The van der Waals surface area contributed by atoms with Crippen LogP contribution in [0.15, 0.2) is 41.7 Å². The average molecular weight is 341 g/mol. The topological polar surface area (TPSA) is 46.1 Å². The molecule has 1 aromatic heterocycles. The molecule has 1 amide bonds. The third-order valence-electron chi connectivity index (χ3n) is 4.32. The van der Waals surface area contributed by atoms with E-state index in [1.165, 1.54) is 25.7 Å². The van der Waals surface area contributed by atoms with Crippen LogP contribution in [0.2, 0.25) is 0 Å². The number of benzene rings is 1. The number of hydrogen-bond acceptors (Lipinski definition) is 4. The summed E-state index contributed by atoms with van der Waals surface area (Å²) in [6.45, 7) is 2.50. The van der Waals surface area contributed by atoms with Gasteiger partial charge in [-0.1, -0.05) is 24.5 Å². The van der Waals surface area contributed by atoms with Gasteiger partial charge in [-0.3, -0.25) is 14.8 Å². The van der Waals surface area contributed by atoms with Gasteiger partial charge in [0.05, 0.1) is 24.0 Å². The zero-order valence-corrected chi connectivity index (χ0v) is 15.1. The molecule has 3 rings (SSSR count). The Morgan fingerprint density at radius 1 is 1.29 bits per heavy atom. The SMILES string of the molecule is Cc1ccc(SC2CCCC2)c(C(=O)N(C)Cc2cnccn2)c1. The van der Waals surface area contributed by atoms with Gasteiger partial charge in [-0.05, 0) is 31.9 Å². The lowest BCUT2D eigenvalue weighted by atomic mass is 10.1. The minimum absolute atomic E-state index is 0.0462. The molecular weight excluding hydrogens is 318 g/mol. The standard InChI is InChI=1S/C19H23N3OS/c1-14-7-8-18(24-16-5-3-4-6-16)17(11-14)19(23)22(2)13-15-12-20-9-10-21-15/h7-12,16H,3-6,13H2,1-2H3. The van der Waals surface area contributed by atoms with Crippen molar-refractivity contribution in [3.8, 4) is 0 Å². The van der Waals surface area contributed by atoms with E-state index in [2.05, 4.69) is 22.1 Å². The summed E-state index contributed by atoms with van der Waals surface area (Å²) in [6.07, 6.45) is 10.1. The fraction of sp³-hybridized carbons (Fsp3) is 0.421. The molecule has 0 saturated heterocycles. The molecule has 0 radical (unpaired) electrons. The molecule has 0 aliphatic heterocycles. The van der Waals surface area contributed by atoms with E-state index in [4.69, 9.17) is 0 Å². The van der Waals surface area contributed by atoms with E-state index in [0.29, 0.717) is 11.8 Å². The van der Waals surface area contributed by atoms with Crippen molar-refractivity contribution in [1.29, 1.82) is 0 Å². The molecule has 2 aromatic rings. The maximum Gasteiger partial charge on any atom is 0.255 e. The Morgan fingerprint density at radius 3 is 2.79 bits per heavy atom. The summed E-state index contributed by atoms with van der Waals surface area (Å²) >= 11 is 1.86. The predicted octanol–water partition coefficient (Wildman–Crippen LogP) is 4.09. The normalized spacial score (nSPS) is 14.8. The van der Waals surface area contributed by atoms with Crippen molar-refractivity contribution in [3.05, 3.63) is 53.6 Å². The summed E-state index contributed by atoms with van der Waals surface area (Å²) in [7, 11) is 1.82. The lowest BCUT2D eigenvalue weighted by Gasteiger charge is -2.20. The molecule has 0 bridgehead atoms. The molecule has 1 aliphatic rings. The maximum absolute atomic E-state index is 13.0. The van der Waals surface area contributed by atoms with Gasteiger partial charge in [-0.2, -0.15) is 0 Å². The molecule has 1 aromatic carbocycles. The number of aryl methyl sites for hydroxylation is 1. The molecule has 4 nitrogen and oxygen atoms in total. The summed E-state index contributed by atoms with van der Waals surface area (Å²) in [4.78, 5) is 24.1. The van der Waals surface area contributed by atoms with Crippen LogP contribution in [-0.2, 0) is 6.54 Å². The molecule has 126 valence electrons. The third kappa shape index (κ3) is 4.15. The summed E-state index contributed by atoms with van der Waals surface area (Å²) in [5.74, 6) is 0.0462. The van der Waals surface area contributed by atoms with Crippen molar-refractivity contribution in [2.45, 2.75) is 49.3 Å². The molecule has 1 saturated carbocycles. The molecular formula is C19H23N3OS. The van der Waals surface area contributed by atoms with Crippen LogP contribution in [0.1, 0.15) is 47.3 Å². The average Bonchev–Trinajstić information content (AvgIpc) is 3.10. The number of amides is 1. The van der Waals surface area contributed by atoms with Gasteiger partial charge in [0.1, 0.15) is 0 Å². The lowest BCUT2D eigenvalue weighted by molar-refractivity contribution is 0.0779. The van der Waals surface area contributed by atoms with Crippen LogP contribution < -0.4 is 0 Å². The molecule has 5 heteroatoms. The Hall–Kier alpha value is -1.88. The highest BCUT2D eigenvalue weighted by Crippen LogP contribution is 2.36. The Morgan fingerprint density at radius 2 is 2.08 bits per heavy atom. The second kappa shape index (κ2) is 7.79. The highest BCUT2D eigenvalue weighted by atomic mass is 32.2. The minimum atomic E-state index is 0.0462. The van der Waals surface area contributed by atoms with Crippen molar-refractivity contribution in [2.24, 2.45) is 0 Å². The van der Waals surface area contributed by atoms with Gasteiger partial charge >= 0.3 is 0 Å². The number of carbonyl (C=O) groups excluding carboxylic acids is 1. The molecule has 0 spiro atoms. The van der Waals surface area contributed by atoms with E-state index >= 15 is 0 Å². The van der Waals surface area contributed by atoms with Crippen molar-refractivity contribution >= 4 is 17.7 Å². The fourth-order valence-corrected chi connectivity index (χ4v) is 4.38. The second-order valence-corrected chi connectivity index (χ2v) is 7.72. The maximum atomic E-state index is 13.0.